The first-order valence-corrected chi connectivity index (χ1v) is 9.04. The maximum Gasteiger partial charge on any atom is 0.247 e. The van der Waals surface area contributed by atoms with Crippen molar-refractivity contribution in [3.63, 3.8) is 0 Å². The Morgan fingerprint density at radius 2 is 2.00 bits per heavy atom. The van der Waals surface area contributed by atoms with Gasteiger partial charge in [-0.3, -0.25) is 4.79 Å². The highest BCUT2D eigenvalue weighted by molar-refractivity contribution is 5.84. The molecule has 0 radical (unpaired) electrons. The van der Waals surface area contributed by atoms with E-state index in [1.54, 1.807) is 7.11 Å². The molecule has 0 spiro atoms. The number of methoxy groups -OCH3 is 1. The zero-order valence-electron chi connectivity index (χ0n) is 15.1. The molecule has 2 aromatic carbocycles. The summed E-state index contributed by atoms with van der Waals surface area (Å²) in [6.07, 6.45) is 2.18. The van der Waals surface area contributed by atoms with Crippen molar-refractivity contribution in [3.8, 4) is 17.2 Å². The molecule has 3 aromatic rings. The molecule has 138 valence electrons. The Morgan fingerprint density at radius 3 is 2.74 bits per heavy atom. The first-order valence-electron chi connectivity index (χ1n) is 9.04. The van der Waals surface area contributed by atoms with Crippen molar-refractivity contribution >= 4 is 5.91 Å². The minimum absolute atomic E-state index is 0.00447. The molecule has 4 rings (SSSR count). The molecule has 1 amide bonds. The zero-order valence-corrected chi connectivity index (χ0v) is 15.1. The van der Waals surface area contributed by atoms with E-state index in [-0.39, 0.29) is 18.4 Å². The molecule has 1 heterocycles. The number of hydrogen-bond donors (Lipinski definition) is 1. The van der Waals surface area contributed by atoms with Gasteiger partial charge in [-0.25, -0.2) is 0 Å². The Kier molecular flexibility index (Phi) is 4.87. The van der Waals surface area contributed by atoms with E-state index in [1.807, 2.05) is 54.6 Å². The van der Waals surface area contributed by atoms with Crippen LogP contribution in [0.5, 0.6) is 5.75 Å². The van der Waals surface area contributed by atoms with Gasteiger partial charge in [-0.15, -0.1) is 10.2 Å². The minimum atomic E-state index is -0.119. The maximum atomic E-state index is 12.7. The molecule has 27 heavy (non-hydrogen) atoms. The van der Waals surface area contributed by atoms with Crippen molar-refractivity contribution in [3.05, 3.63) is 66.1 Å². The molecule has 6 nitrogen and oxygen atoms in total. The van der Waals surface area contributed by atoms with Gasteiger partial charge in [-0.1, -0.05) is 36.4 Å². The van der Waals surface area contributed by atoms with Crippen molar-refractivity contribution < 1.29 is 13.9 Å². The number of carbonyl (C=O) groups is 1. The normalized spacial score (nSPS) is 14.6. The van der Waals surface area contributed by atoms with Gasteiger partial charge < -0.3 is 14.5 Å². The van der Waals surface area contributed by atoms with Crippen LogP contribution in [0, 0.1) is 5.92 Å². The van der Waals surface area contributed by atoms with Gasteiger partial charge in [0.2, 0.25) is 17.7 Å². The number of carbonyl (C=O) groups excluding carboxylic acids is 1. The third-order valence-electron chi connectivity index (χ3n) is 4.73. The van der Waals surface area contributed by atoms with Crippen LogP contribution < -0.4 is 10.1 Å². The lowest BCUT2D eigenvalue weighted by molar-refractivity contribution is -0.123. The lowest BCUT2D eigenvalue weighted by Crippen LogP contribution is -2.30. The van der Waals surface area contributed by atoms with Gasteiger partial charge in [-0.05, 0) is 42.5 Å². The molecule has 0 aliphatic heterocycles. The van der Waals surface area contributed by atoms with Crippen molar-refractivity contribution in [1.29, 1.82) is 0 Å². The molecule has 0 saturated heterocycles. The van der Waals surface area contributed by atoms with Crippen LogP contribution in [-0.2, 0) is 11.3 Å². The van der Waals surface area contributed by atoms with Gasteiger partial charge >= 0.3 is 0 Å². The molecule has 1 N–H and O–H groups in total. The average Bonchev–Trinajstić information content (AvgIpc) is 3.43. The van der Waals surface area contributed by atoms with Gasteiger partial charge in [-0.2, -0.15) is 0 Å². The van der Waals surface area contributed by atoms with Crippen LogP contribution >= 0.6 is 0 Å². The summed E-state index contributed by atoms with van der Waals surface area (Å²) in [6.45, 7) is 0.214. The monoisotopic (exact) mass is 363 g/mol. The molecule has 1 aliphatic carbocycles. The zero-order chi connectivity index (χ0) is 18.6. The summed E-state index contributed by atoms with van der Waals surface area (Å²) in [4.78, 5) is 12.7. The van der Waals surface area contributed by atoms with E-state index in [0.717, 1.165) is 29.7 Å². The largest absolute Gasteiger partial charge is 0.497 e. The van der Waals surface area contributed by atoms with Crippen LogP contribution in [-0.4, -0.2) is 23.2 Å². The van der Waals surface area contributed by atoms with Gasteiger partial charge in [0.1, 0.15) is 5.75 Å². The van der Waals surface area contributed by atoms with Gasteiger partial charge in [0.15, 0.2) is 0 Å². The summed E-state index contributed by atoms with van der Waals surface area (Å²) >= 11 is 0. The number of benzene rings is 2. The van der Waals surface area contributed by atoms with Crippen LogP contribution in [0.1, 0.15) is 30.2 Å². The molecular formula is C21H21N3O3. The van der Waals surface area contributed by atoms with E-state index >= 15 is 0 Å². The summed E-state index contributed by atoms with van der Waals surface area (Å²) in [5, 5.41) is 11.1. The van der Waals surface area contributed by atoms with E-state index in [4.69, 9.17) is 9.15 Å². The molecule has 1 aromatic heterocycles. The summed E-state index contributed by atoms with van der Waals surface area (Å²) in [6, 6.07) is 17.3. The van der Waals surface area contributed by atoms with Crippen molar-refractivity contribution in [2.24, 2.45) is 5.92 Å². The van der Waals surface area contributed by atoms with Crippen LogP contribution in [0.3, 0.4) is 0 Å². The quantitative estimate of drug-likeness (QED) is 0.694. The van der Waals surface area contributed by atoms with Crippen LogP contribution in [0.2, 0.25) is 0 Å². The predicted octanol–water partition coefficient (Wildman–Crippen LogP) is 3.56. The molecule has 1 unspecified atom stereocenters. The van der Waals surface area contributed by atoms with E-state index in [0.29, 0.717) is 17.7 Å². The maximum absolute atomic E-state index is 12.7. The van der Waals surface area contributed by atoms with Crippen molar-refractivity contribution in [2.45, 2.75) is 25.3 Å². The van der Waals surface area contributed by atoms with Crippen molar-refractivity contribution in [1.82, 2.24) is 15.5 Å². The standard InChI is InChI=1S/C21H21N3O3/c1-26-17-9-5-8-16(12-17)21-24-23-18(27-21)13-22-20(25)19(15-10-11-15)14-6-3-2-4-7-14/h2-9,12,15,19H,10-11,13H2,1H3,(H,22,25). The molecule has 0 bridgehead atoms. The third-order valence-corrected chi connectivity index (χ3v) is 4.73. The smallest absolute Gasteiger partial charge is 0.247 e. The average molecular weight is 363 g/mol. The summed E-state index contributed by atoms with van der Waals surface area (Å²) in [5.41, 5.74) is 1.83. The summed E-state index contributed by atoms with van der Waals surface area (Å²) in [5.74, 6) is 1.80. The molecule has 1 atom stereocenters. The fourth-order valence-corrected chi connectivity index (χ4v) is 3.20. The highest BCUT2D eigenvalue weighted by atomic mass is 16.5. The predicted molar refractivity (Wildman–Crippen MR) is 100 cm³/mol. The SMILES string of the molecule is COc1cccc(-c2nnc(CNC(=O)C(c3ccccc3)C3CC3)o2)c1. The Bertz CT molecular complexity index is 919. The van der Waals surface area contributed by atoms with Crippen molar-refractivity contribution in [2.75, 3.05) is 7.11 Å². The summed E-state index contributed by atoms with van der Waals surface area (Å²) in [7, 11) is 1.61. The second-order valence-electron chi connectivity index (χ2n) is 6.68. The van der Waals surface area contributed by atoms with Crippen LogP contribution in [0.15, 0.2) is 59.0 Å². The first kappa shape index (κ1) is 17.3. The second kappa shape index (κ2) is 7.61. The highest BCUT2D eigenvalue weighted by Gasteiger charge is 2.37. The van der Waals surface area contributed by atoms with Gasteiger partial charge in [0.25, 0.3) is 0 Å². The number of ether oxygens (including phenoxy) is 1. The highest BCUT2D eigenvalue weighted by Crippen LogP contribution is 2.42. The number of nitrogens with zero attached hydrogens (tertiary/aromatic N) is 2. The number of amides is 1. The topological polar surface area (TPSA) is 77.3 Å². The Labute approximate surface area is 157 Å². The number of hydrogen-bond acceptors (Lipinski definition) is 5. The Morgan fingerprint density at radius 1 is 1.19 bits per heavy atom. The van der Waals surface area contributed by atoms with E-state index in [2.05, 4.69) is 15.5 Å². The van der Waals surface area contributed by atoms with E-state index in [9.17, 15) is 4.79 Å². The second-order valence-corrected chi connectivity index (χ2v) is 6.68. The fraction of sp³-hybridized carbons (Fsp3) is 0.286. The Hall–Kier alpha value is -3.15. The Balaban J connectivity index is 1.42. The number of rotatable bonds is 7. The fourth-order valence-electron chi connectivity index (χ4n) is 3.20. The minimum Gasteiger partial charge on any atom is -0.497 e. The van der Waals surface area contributed by atoms with Crippen LogP contribution in [0.25, 0.3) is 11.5 Å². The van der Waals surface area contributed by atoms with Gasteiger partial charge in [0.05, 0.1) is 19.6 Å². The van der Waals surface area contributed by atoms with Crippen LogP contribution in [0.4, 0.5) is 0 Å². The van der Waals surface area contributed by atoms with Gasteiger partial charge in [0, 0.05) is 5.56 Å². The lowest BCUT2D eigenvalue weighted by atomic mass is 9.93. The number of aromatic nitrogens is 2. The first-order chi connectivity index (χ1) is 13.2. The molecule has 1 aliphatic rings. The van der Waals surface area contributed by atoms with E-state index in [1.165, 1.54) is 0 Å². The number of nitrogens with one attached hydrogen (secondary N) is 1. The molecule has 6 heteroatoms. The third kappa shape index (κ3) is 4.00. The molecule has 1 fully saturated rings. The summed E-state index contributed by atoms with van der Waals surface area (Å²) < 4.78 is 10.9. The lowest BCUT2D eigenvalue weighted by Gasteiger charge is -2.15. The molecular weight excluding hydrogens is 342 g/mol. The van der Waals surface area contributed by atoms with E-state index < -0.39 is 0 Å². The molecule has 1 saturated carbocycles.